The van der Waals surface area contributed by atoms with Gasteiger partial charge in [-0.2, -0.15) is 11.8 Å². The van der Waals surface area contributed by atoms with Gasteiger partial charge in [-0.15, -0.1) is 0 Å². The third-order valence-corrected chi connectivity index (χ3v) is 5.18. The van der Waals surface area contributed by atoms with Crippen molar-refractivity contribution >= 4 is 39.1 Å². The number of nitrogens with one attached hydrogen (secondary N) is 1. The largest absolute Gasteiger partial charge is 0.289 e. The van der Waals surface area contributed by atoms with Crippen LogP contribution in [0.4, 0.5) is 5.69 Å². The lowest BCUT2D eigenvalue weighted by Gasteiger charge is -2.15. The maximum Gasteiger partial charge on any atom is 0.289 e. The predicted molar refractivity (Wildman–Crippen MR) is 80.9 cm³/mol. The zero-order chi connectivity index (χ0) is 15.3. The number of nitro groups is 1. The number of nitrogens with zero attached hydrogens (tertiary/aromatic N) is 1. The van der Waals surface area contributed by atoms with E-state index in [1.54, 1.807) is 0 Å². The Balaban J connectivity index is 3.09. The van der Waals surface area contributed by atoms with E-state index in [-0.39, 0.29) is 16.0 Å². The van der Waals surface area contributed by atoms with E-state index in [1.165, 1.54) is 23.9 Å². The summed E-state index contributed by atoms with van der Waals surface area (Å²) in [7, 11) is -3.79. The highest BCUT2D eigenvalue weighted by Gasteiger charge is 2.22. The summed E-state index contributed by atoms with van der Waals surface area (Å²) in [5.74, 6) is 0.630. The monoisotopic (exact) mass is 338 g/mol. The molecule has 0 amide bonds. The molecule has 0 radical (unpaired) electrons. The minimum absolute atomic E-state index is 0.0925. The Hall–Kier alpha value is -0.830. The van der Waals surface area contributed by atoms with Gasteiger partial charge in [-0.3, -0.25) is 10.1 Å². The van der Waals surface area contributed by atoms with Crippen molar-refractivity contribution < 1.29 is 13.3 Å². The van der Waals surface area contributed by atoms with E-state index in [0.717, 1.165) is 6.07 Å². The Kier molecular flexibility index (Phi) is 6.25. The summed E-state index contributed by atoms with van der Waals surface area (Å²) in [6.07, 6.45) is 2.51. The van der Waals surface area contributed by atoms with Gasteiger partial charge in [-0.05, 0) is 24.8 Å². The Labute approximate surface area is 127 Å². The summed E-state index contributed by atoms with van der Waals surface area (Å²) < 4.78 is 26.9. The molecule has 6 nitrogen and oxygen atoms in total. The van der Waals surface area contributed by atoms with E-state index in [2.05, 4.69) is 4.72 Å². The number of sulfonamides is 1. The Morgan fingerprint density at radius 3 is 2.65 bits per heavy atom. The van der Waals surface area contributed by atoms with Crippen molar-refractivity contribution in [1.82, 2.24) is 4.72 Å². The molecule has 0 fully saturated rings. The second kappa shape index (κ2) is 7.26. The molecule has 1 atom stereocenters. The first-order valence-electron chi connectivity index (χ1n) is 5.77. The summed E-state index contributed by atoms with van der Waals surface area (Å²) in [4.78, 5) is 9.92. The lowest BCUT2D eigenvalue weighted by atomic mass is 10.3. The fraction of sp³-hybridized carbons (Fsp3) is 0.455. The molecule has 0 spiro atoms. The molecule has 1 aromatic rings. The minimum Gasteiger partial charge on any atom is -0.258 e. The van der Waals surface area contributed by atoms with Gasteiger partial charge in [-0.25, -0.2) is 13.1 Å². The van der Waals surface area contributed by atoms with Crippen LogP contribution in [0.2, 0.25) is 5.02 Å². The van der Waals surface area contributed by atoms with Crippen molar-refractivity contribution in [1.29, 1.82) is 0 Å². The van der Waals surface area contributed by atoms with Crippen LogP contribution in [0.1, 0.15) is 13.3 Å². The summed E-state index contributed by atoms with van der Waals surface area (Å²) in [6, 6.07) is 3.22. The molecule has 0 aromatic heterocycles. The number of nitro benzene ring substituents is 1. The van der Waals surface area contributed by atoms with Gasteiger partial charge in [0, 0.05) is 17.9 Å². The molecular formula is C11H15ClN2O4S2. The molecule has 0 aliphatic rings. The van der Waals surface area contributed by atoms with Crippen LogP contribution >= 0.6 is 23.4 Å². The molecule has 20 heavy (non-hydrogen) atoms. The summed E-state index contributed by atoms with van der Waals surface area (Å²) >= 11 is 7.19. The molecular weight excluding hydrogens is 324 g/mol. The SMILES string of the molecule is CCC(CSC)NS(=O)(=O)c1ccc(Cl)c([N+](=O)[O-])c1. The fourth-order valence-electron chi connectivity index (χ4n) is 1.52. The highest BCUT2D eigenvalue weighted by Crippen LogP contribution is 2.27. The zero-order valence-corrected chi connectivity index (χ0v) is 13.4. The molecule has 0 aliphatic heterocycles. The Morgan fingerprint density at radius 1 is 1.50 bits per heavy atom. The van der Waals surface area contributed by atoms with E-state index in [9.17, 15) is 18.5 Å². The number of benzene rings is 1. The minimum atomic E-state index is -3.79. The van der Waals surface area contributed by atoms with E-state index in [1.807, 2.05) is 13.2 Å². The maximum atomic E-state index is 12.2. The average molecular weight is 339 g/mol. The standard InChI is InChI=1S/C11H15ClN2O4S2/c1-3-8(7-19-2)13-20(17,18)9-4-5-10(12)11(6-9)14(15)16/h4-6,8,13H,3,7H2,1-2H3. The van der Waals surface area contributed by atoms with Crippen molar-refractivity contribution in [3.05, 3.63) is 33.3 Å². The highest BCUT2D eigenvalue weighted by molar-refractivity contribution is 7.98. The van der Waals surface area contributed by atoms with Crippen LogP contribution in [-0.2, 0) is 10.0 Å². The smallest absolute Gasteiger partial charge is 0.258 e. The molecule has 0 saturated carbocycles. The van der Waals surface area contributed by atoms with Crippen LogP contribution < -0.4 is 4.72 Å². The zero-order valence-electron chi connectivity index (χ0n) is 11.0. The molecule has 0 aliphatic carbocycles. The van der Waals surface area contributed by atoms with Crippen molar-refractivity contribution in [2.24, 2.45) is 0 Å². The van der Waals surface area contributed by atoms with Crippen LogP contribution in [0.3, 0.4) is 0 Å². The molecule has 1 rings (SSSR count). The molecule has 0 bridgehead atoms. The van der Waals surface area contributed by atoms with E-state index in [0.29, 0.717) is 12.2 Å². The van der Waals surface area contributed by atoms with Gasteiger partial charge in [0.15, 0.2) is 0 Å². The van der Waals surface area contributed by atoms with Gasteiger partial charge in [0.25, 0.3) is 5.69 Å². The fourth-order valence-corrected chi connectivity index (χ4v) is 3.88. The topological polar surface area (TPSA) is 89.3 Å². The van der Waals surface area contributed by atoms with Gasteiger partial charge in [-0.1, -0.05) is 18.5 Å². The van der Waals surface area contributed by atoms with Crippen LogP contribution in [0.25, 0.3) is 0 Å². The number of halogens is 1. The van der Waals surface area contributed by atoms with Crippen molar-refractivity contribution in [2.75, 3.05) is 12.0 Å². The summed E-state index contributed by atoms with van der Waals surface area (Å²) in [5, 5.41) is 10.7. The lowest BCUT2D eigenvalue weighted by Crippen LogP contribution is -2.36. The summed E-state index contributed by atoms with van der Waals surface area (Å²) in [6.45, 7) is 1.87. The van der Waals surface area contributed by atoms with Crippen LogP contribution in [0.15, 0.2) is 23.1 Å². The molecule has 0 saturated heterocycles. The van der Waals surface area contributed by atoms with Gasteiger partial charge >= 0.3 is 0 Å². The van der Waals surface area contributed by atoms with Crippen molar-refractivity contribution in [3.63, 3.8) is 0 Å². The molecule has 1 unspecified atom stereocenters. The molecule has 9 heteroatoms. The quantitative estimate of drug-likeness (QED) is 0.609. The van der Waals surface area contributed by atoms with Crippen LogP contribution in [0.5, 0.6) is 0 Å². The third-order valence-electron chi connectivity index (χ3n) is 2.61. The predicted octanol–water partition coefficient (Wildman–Crippen LogP) is 2.67. The van der Waals surface area contributed by atoms with Crippen molar-refractivity contribution in [2.45, 2.75) is 24.3 Å². The highest BCUT2D eigenvalue weighted by atomic mass is 35.5. The molecule has 0 heterocycles. The van der Waals surface area contributed by atoms with E-state index >= 15 is 0 Å². The maximum absolute atomic E-state index is 12.2. The van der Waals surface area contributed by atoms with Crippen LogP contribution in [0, 0.1) is 10.1 Å². The summed E-state index contributed by atoms with van der Waals surface area (Å²) in [5.41, 5.74) is -0.424. The first kappa shape index (κ1) is 17.2. The normalized spacial score (nSPS) is 13.2. The van der Waals surface area contributed by atoms with Gasteiger partial charge in [0.05, 0.1) is 9.82 Å². The third kappa shape index (κ3) is 4.34. The van der Waals surface area contributed by atoms with E-state index in [4.69, 9.17) is 11.6 Å². The van der Waals surface area contributed by atoms with Gasteiger partial charge in [0.2, 0.25) is 10.0 Å². The first-order chi connectivity index (χ1) is 9.31. The van der Waals surface area contributed by atoms with Crippen LogP contribution in [-0.4, -0.2) is 31.4 Å². The molecule has 1 aromatic carbocycles. The lowest BCUT2D eigenvalue weighted by molar-refractivity contribution is -0.384. The number of rotatable bonds is 7. The number of hydrogen-bond acceptors (Lipinski definition) is 5. The first-order valence-corrected chi connectivity index (χ1v) is 9.02. The van der Waals surface area contributed by atoms with E-state index < -0.39 is 20.6 Å². The van der Waals surface area contributed by atoms with Gasteiger partial charge in [0.1, 0.15) is 5.02 Å². The van der Waals surface area contributed by atoms with Crippen molar-refractivity contribution in [3.8, 4) is 0 Å². The average Bonchev–Trinajstić information content (AvgIpc) is 2.37. The number of hydrogen-bond donors (Lipinski definition) is 1. The Morgan fingerprint density at radius 2 is 2.15 bits per heavy atom. The molecule has 1 N–H and O–H groups in total. The number of thioether (sulfide) groups is 1. The second-order valence-electron chi connectivity index (χ2n) is 4.05. The Bertz CT molecular complexity index is 592. The second-order valence-corrected chi connectivity index (χ2v) is 7.08. The molecule has 112 valence electrons. The van der Waals surface area contributed by atoms with Gasteiger partial charge < -0.3 is 0 Å².